The minimum Gasteiger partial charge on any atom is -0.458 e. The molecule has 1 aromatic carbocycles. The Hall–Kier alpha value is -2.02. The highest BCUT2D eigenvalue weighted by molar-refractivity contribution is 7.98. The van der Waals surface area contributed by atoms with E-state index >= 15 is 0 Å². The Bertz CT molecular complexity index is 811. The van der Waals surface area contributed by atoms with E-state index in [1.807, 2.05) is 47.3 Å². The Labute approximate surface area is 148 Å². The van der Waals surface area contributed by atoms with Crippen molar-refractivity contribution < 1.29 is 14.3 Å². The fourth-order valence-electron chi connectivity index (χ4n) is 2.31. The second kappa shape index (κ2) is 7.70. The lowest BCUT2D eigenvalue weighted by atomic mass is 10.2. The second-order valence-corrected chi connectivity index (χ2v) is 6.77. The van der Waals surface area contributed by atoms with Gasteiger partial charge in [0, 0.05) is 15.8 Å². The molecule has 1 atom stereocenters. The van der Waals surface area contributed by atoms with E-state index in [0.717, 1.165) is 10.5 Å². The third-order valence-corrected chi connectivity index (χ3v) is 5.05. The molecule has 0 saturated carbocycles. The molecule has 0 aliphatic heterocycles. The van der Waals surface area contributed by atoms with Gasteiger partial charge in [-0.05, 0) is 42.0 Å². The second-order valence-electron chi connectivity index (χ2n) is 5.14. The van der Waals surface area contributed by atoms with Crippen LogP contribution in [0, 0.1) is 0 Å². The molecule has 0 spiro atoms. The lowest BCUT2D eigenvalue weighted by molar-refractivity contribution is 0.0899. The molecule has 1 amide bonds. The van der Waals surface area contributed by atoms with Gasteiger partial charge in [-0.1, -0.05) is 12.1 Å². The monoisotopic (exact) mass is 359 g/mol. The predicted octanol–water partition coefficient (Wildman–Crippen LogP) is 4.19. The van der Waals surface area contributed by atoms with Crippen LogP contribution in [0.5, 0.6) is 0 Å². The topological polar surface area (TPSA) is 62.5 Å². The lowest BCUT2D eigenvalue weighted by Crippen LogP contribution is -2.28. The quantitative estimate of drug-likeness (QED) is 0.648. The Morgan fingerprint density at radius 3 is 2.88 bits per heavy atom. The number of amides is 1. The van der Waals surface area contributed by atoms with Gasteiger partial charge in [0.1, 0.15) is 17.6 Å². The molecule has 6 heteroatoms. The smallest absolute Gasteiger partial charge is 0.252 e. The maximum Gasteiger partial charge on any atom is 0.252 e. The predicted molar refractivity (Wildman–Crippen MR) is 97.5 cm³/mol. The van der Waals surface area contributed by atoms with E-state index in [1.165, 1.54) is 11.8 Å². The summed E-state index contributed by atoms with van der Waals surface area (Å²) < 4.78 is 5.67. The zero-order chi connectivity index (χ0) is 16.9. The molecular formula is C18H17NO3S2. The summed E-state index contributed by atoms with van der Waals surface area (Å²) in [6, 6.07) is 12.9. The first-order chi connectivity index (χ1) is 11.7. The molecule has 0 radical (unpaired) electrons. The number of aliphatic hydroxyl groups is 1. The molecule has 0 bridgehead atoms. The maximum absolute atomic E-state index is 12.3. The zero-order valence-corrected chi connectivity index (χ0v) is 14.7. The van der Waals surface area contributed by atoms with Crippen molar-refractivity contribution in [1.82, 2.24) is 5.32 Å². The average Bonchev–Trinajstić information content (AvgIpc) is 3.30. The van der Waals surface area contributed by atoms with Crippen LogP contribution in [-0.4, -0.2) is 23.8 Å². The molecule has 0 aliphatic carbocycles. The van der Waals surface area contributed by atoms with E-state index in [-0.39, 0.29) is 12.5 Å². The summed E-state index contributed by atoms with van der Waals surface area (Å²) in [6.07, 6.45) is 1.04. The number of thiophene rings is 1. The molecule has 4 nitrogen and oxygen atoms in total. The summed E-state index contributed by atoms with van der Waals surface area (Å²) in [4.78, 5) is 13.2. The van der Waals surface area contributed by atoms with Crippen molar-refractivity contribution >= 4 is 29.0 Å². The molecule has 3 rings (SSSR count). The van der Waals surface area contributed by atoms with Crippen LogP contribution in [0.4, 0.5) is 0 Å². The first-order valence-electron chi connectivity index (χ1n) is 7.40. The van der Waals surface area contributed by atoms with Gasteiger partial charge in [0.05, 0.1) is 12.1 Å². The van der Waals surface area contributed by atoms with Gasteiger partial charge in [-0.3, -0.25) is 4.79 Å². The van der Waals surface area contributed by atoms with Crippen molar-refractivity contribution in [1.29, 1.82) is 0 Å². The molecule has 0 aliphatic rings. The van der Waals surface area contributed by atoms with E-state index in [1.54, 1.807) is 23.5 Å². The van der Waals surface area contributed by atoms with E-state index in [2.05, 4.69) is 5.32 Å². The van der Waals surface area contributed by atoms with E-state index in [4.69, 9.17) is 4.42 Å². The number of rotatable bonds is 6. The largest absolute Gasteiger partial charge is 0.458 e. The lowest BCUT2D eigenvalue weighted by Gasteiger charge is -2.11. The molecule has 0 saturated heterocycles. The standard InChI is InChI=1S/C18H17NO3S2/c1-23-17-5-3-2-4-13(17)18(21)19-10-14(20)16-7-6-15(22-16)12-8-9-24-11-12/h2-9,11,14,20H,10H2,1H3,(H,19,21)/t14-/m0/s1. The number of benzene rings is 1. The minimum atomic E-state index is -0.886. The van der Waals surface area contributed by atoms with E-state index in [0.29, 0.717) is 17.1 Å². The van der Waals surface area contributed by atoms with Crippen LogP contribution in [0.15, 0.2) is 62.5 Å². The van der Waals surface area contributed by atoms with E-state index in [9.17, 15) is 9.90 Å². The molecular weight excluding hydrogens is 342 g/mol. The Balaban J connectivity index is 1.63. The van der Waals surface area contributed by atoms with Gasteiger partial charge < -0.3 is 14.8 Å². The van der Waals surface area contributed by atoms with Crippen LogP contribution < -0.4 is 5.32 Å². The van der Waals surface area contributed by atoms with Crippen molar-refractivity contribution in [3.05, 3.63) is 64.5 Å². The van der Waals surface area contributed by atoms with Crippen LogP contribution in [0.3, 0.4) is 0 Å². The van der Waals surface area contributed by atoms with Gasteiger partial charge in [0.2, 0.25) is 0 Å². The highest BCUT2D eigenvalue weighted by Gasteiger charge is 2.16. The highest BCUT2D eigenvalue weighted by atomic mass is 32.2. The maximum atomic E-state index is 12.3. The first-order valence-corrected chi connectivity index (χ1v) is 9.57. The normalized spacial score (nSPS) is 12.1. The van der Waals surface area contributed by atoms with Crippen LogP contribution >= 0.6 is 23.1 Å². The van der Waals surface area contributed by atoms with Crippen LogP contribution in [0.25, 0.3) is 11.3 Å². The first kappa shape index (κ1) is 16.8. The Kier molecular flexibility index (Phi) is 5.40. The Morgan fingerprint density at radius 1 is 1.29 bits per heavy atom. The minimum absolute atomic E-state index is 0.0954. The summed E-state index contributed by atoms with van der Waals surface area (Å²) >= 11 is 3.10. The van der Waals surface area contributed by atoms with Crippen molar-refractivity contribution in [2.75, 3.05) is 12.8 Å². The fraction of sp³-hybridized carbons (Fsp3) is 0.167. The highest BCUT2D eigenvalue weighted by Crippen LogP contribution is 2.27. The summed E-state index contributed by atoms with van der Waals surface area (Å²) in [5, 5.41) is 17.0. The molecule has 2 heterocycles. The third-order valence-electron chi connectivity index (χ3n) is 3.57. The summed E-state index contributed by atoms with van der Waals surface area (Å²) in [5.41, 5.74) is 1.59. The SMILES string of the molecule is CSc1ccccc1C(=O)NC[C@H](O)c1ccc(-c2ccsc2)o1. The molecule has 0 unspecified atom stereocenters. The number of aliphatic hydroxyl groups excluding tert-OH is 1. The van der Waals surface area contributed by atoms with Gasteiger partial charge >= 0.3 is 0 Å². The molecule has 2 aromatic heterocycles. The third kappa shape index (κ3) is 3.72. The molecule has 2 N–H and O–H groups in total. The average molecular weight is 359 g/mol. The van der Waals surface area contributed by atoms with Gasteiger partial charge in [0.25, 0.3) is 5.91 Å². The van der Waals surface area contributed by atoms with Crippen LogP contribution in [0.2, 0.25) is 0 Å². The number of carbonyl (C=O) groups excluding carboxylic acids is 1. The molecule has 3 aromatic rings. The van der Waals surface area contributed by atoms with Gasteiger partial charge in [-0.2, -0.15) is 11.3 Å². The number of hydrogen-bond donors (Lipinski definition) is 2. The van der Waals surface area contributed by atoms with E-state index < -0.39 is 6.10 Å². The van der Waals surface area contributed by atoms with Crippen molar-refractivity contribution in [3.8, 4) is 11.3 Å². The van der Waals surface area contributed by atoms with Crippen molar-refractivity contribution in [2.24, 2.45) is 0 Å². The van der Waals surface area contributed by atoms with Crippen LogP contribution in [-0.2, 0) is 0 Å². The molecule has 0 fully saturated rings. The number of furan rings is 1. The number of thioether (sulfide) groups is 1. The van der Waals surface area contributed by atoms with Crippen molar-refractivity contribution in [2.45, 2.75) is 11.0 Å². The Morgan fingerprint density at radius 2 is 2.12 bits per heavy atom. The van der Waals surface area contributed by atoms with Gasteiger partial charge in [0.15, 0.2) is 0 Å². The summed E-state index contributed by atoms with van der Waals surface area (Å²) in [6.45, 7) is 0.0954. The van der Waals surface area contributed by atoms with Crippen LogP contribution in [0.1, 0.15) is 22.2 Å². The molecule has 124 valence electrons. The summed E-state index contributed by atoms with van der Waals surface area (Å²) in [7, 11) is 0. The van der Waals surface area contributed by atoms with Gasteiger partial charge in [-0.15, -0.1) is 11.8 Å². The van der Waals surface area contributed by atoms with Crippen molar-refractivity contribution in [3.63, 3.8) is 0 Å². The fourth-order valence-corrected chi connectivity index (χ4v) is 3.55. The number of carbonyl (C=O) groups is 1. The molecule has 24 heavy (non-hydrogen) atoms. The summed E-state index contributed by atoms with van der Waals surface area (Å²) in [5.74, 6) is 0.947. The number of hydrogen-bond acceptors (Lipinski definition) is 5. The number of nitrogens with one attached hydrogen (secondary N) is 1. The zero-order valence-electron chi connectivity index (χ0n) is 13.1. The van der Waals surface area contributed by atoms with Gasteiger partial charge in [-0.25, -0.2) is 0 Å².